The van der Waals surface area contributed by atoms with E-state index in [4.69, 9.17) is 10.2 Å². The maximum absolute atomic E-state index is 8.98. The van der Waals surface area contributed by atoms with Crippen LogP contribution in [0.1, 0.15) is 16.7 Å². The molecule has 3 nitrogen and oxygen atoms in total. The third-order valence-corrected chi connectivity index (χ3v) is 4.35. The summed E-state index contributed by atoms with van der Waals surface area (Å²) in [6, 6.07) is 26.5. The number of rotatable bonds is 3. The molecule has 0 fully saturated rings. The van der Waals surface area contributed by atoms with Crippen molar-refractivity contribution in [1.82, 2.24) is 9.55 Å². The molecular formula is C22H17N3. The van der Waals surface area contributed by atoms with Crippen LogP contribution in [0.25, 0.3) is 22.4 Å². The van der Waals surface area contributed by atoms with Gasteiger partial charge in [-0.3, -0.25) is 0 Å². The van der Waals surface area contributed by atoms with Gasteiger partial charge in [-0.15, -0.1) is 0 Å². The Kier molecular flexibility index (Phi) is 3.80. The normalized spacial score (nSPS) is 10.7. The number of aryl methyl sites for hydroxylation is 1. The Hall–Kier alpha value is -3.38. The minimum Gasteiger partial charge on any atom is -0.319 e. The Balaban J connectivity index is 1.85. The van der Waals surface area contributed by atoms with Crippen molar-refractivity contribution in [3.05, 3.63) is 89.5 Å². The van der Waals surface area contributed by atoms with E-state index in [0.717, 1.165) is 34.5 Å². The minimum atomic E-state index is 0.679. The number of aromatic nitrogens is 2. The van der Waals surface area contributed by atoms with Crippen LogP contribution in [0, 0.1) is 18.3 Å². The lowest BCUT2D eigenvalue weighted by atomic mass is 10.1. The molecule has 0 aliphatic rings. The van der Waals surface area contributed by atoms with Crippen molar-refractivity contribution in [3.8, 4) is 17.5 Å². The van der Waals surface area contributed by atoms with E-state index in [0.29, 0.717) is 5.56 Å². The van der Waals surface area contributed by atoms with Crippen LogP contribution in [0.2, 0.25) is 0 Å². The van der Waals surface area contributed by atoms with Crippen LogP contribution >= 0.6 is 0 Å². The zero-order chi connectivity index (χ0) is 17.2. The zero-order valence-corrected chi connectivity index (χ0v) is 14.0. The van der Waals surface area contributed by atoms with Crippen LogP contribution < -0.4 is 0 Å². The fraction of sp³-hybridized carbons (Fsp3) is 0.0909. The van der Waals surface area contributed by atoms with Crippen LogP contribution in [-0.2, 0) is 6.54 Å². The third kappa shape index (κ3) is 2.90. The number of hydrogen-bond acceptors (Lipinski definition) is 2. The molecule has 1 heterocycles. The second-order valence-corrected chi connectivity index (χ2v) is 6.19. The van der Waals surface area contributed by atoms with Gasteiger partial charge in [-0.1, -0.05) is 48.0 Å². The largest absolute Gasteiger partial charge is 0.319 e. The molecule has 0 saturated carbocycles. The van der Waals surface area contributed by atoms with E-state index in [9.17, 15) is 0 Å². The smallest absolute Gasteiger partial charge is 0.141 e. The first-order valence-electron chi connectivity index (χ1n) is 8.26. The number of nitriles is 1. The SMILES string of the molecule is Cc1cccc(-c2nc3ccccc3n2Cc2ccc(C#N)cc2)c1. The number of imidazole rings is 1. The van der Waals surface area contributed by atoms with E-state index in [1.54, 1.807) is 0 Å². The molecule has 3 aromatic carbocycles. The summed E-state index contributed by atoms with van der Waals surface area (Å²) in [5, 5.41) is 8.98. The van der Waals surface area contributed by atoms with Crippen molar-refractivity contribution in [2.24, 2.45) is 0 Å². The van der Waals surface area contributed by atoms with Crippen LogP contribution in [-0.4, -0.2) is 9.55 Å². The molecule has 0 saturated heterocycles. The van der Waals surface area contributed by atoms with Gasteiger partial charge in [-0.2, -0.15) is 5.26 Å². The fourth-order valence-corrected chi connectivity index (χ4v) is 3.11. The summed E-state index contributed by atoms with van der Waals surface area (Å²) in [4.78, 5) is 4.86. The Morgan fingerprint density at radius 1 is 0.960 bits per heavy atom. The van der Waals surface area contributed by atoms with Crippen molar-refractivity contribution in [2.45, 2.75) is 13.5 Å². The summed E-state index contributed by atoms with van der Waals surface area (Å²) < 4.78 is 2.24. The van der Waals surface area contributed by atoms with E-state index in [1.165, 1.54) is 5.56 Å². The van der Waals surface area contributed by atoms with Crippen molar-refractivity contribution < 1.29 is 0 Å². The maximum atomic E-state index is 8.98. The van der Waals surface area contributed by atoms with Crippen molar-refractivity contribution in [2.75, 3.05) is 0 Å². The molecule has 25 heavy (non-hydrogen) atoms. The molecule has 4 aromatic rings. The van der Waals surface area contributed by atoms with E-state index < -0.39 is 0 Å². The van der Waals surface area contributed by atoms with Gasteiger partial charge in [0.15, 0.2) is 0 Å². The first kappa shape index (κ1) is 15.2. The number of hydrogen-bond donors (Lipinski definition) is 0. The number of nitrogens with zero attached hydrogens (tertiary/aromatic N) is 3. The second kappa shape index (κ2) is 6.26. The van der Waals surface area contributed by atoms with Gasteiger partial charge in [0.1, 0.15) is 5.82 Å². The van der Waals surface area contributed by atoms with Gasteiger partial charge >= 0.3 is 0 Å². The Labute approximate surface area is 146 Å². The lowest BCUT2D eigenvalue weighted by molar-refractivity contribution is 0.834. The molecule has 0 amide bonds. The van der Waals surface area contributed by atoms with Crippen molar-refractivity contribution >= 4 is 11.0 Å². The molecule has 4 rings (SSSR count). The molecule has 0 N–H and O–H groups in total. The fourth-order valence-electron chi connectivity index (χ4n) is 3.11. The Morgan fingerprint density at radius 3 is 2.52 bits per heavy atom. The highest BCUT2D eigenvalue weighted by Crippen LogP contribution is 2.26. The monoisotopic (exact) mass is 323 g/mol. The van der Waals surface area contributed by atoms with E-state index in [1.807, 2.05) is 42.5 Å². The molecule has 0 aliphatic carbocycles. The number of fused-ring (bicyclic) bond motifs is 1. The van der Waals surface area contributed by atoms with Crippen LogP contribution in [0.5, 0.6) is 0 Å². The topological polar surface area (TPSA) is 41.6 Å². The van der Waals surface area contributed by atoms with Gasteiger partial charge in [0.05, 0.1) is 22.7 Å². The van der Waals surface area contributed by atoms with Gasteiger partial charge in [-0.25, -0.2) is 4.98 Å². The summed E-state index contributed by atoms with van der Waals surface area (Å²) >= 11 is 0. The summed E-state index contributed by atoms with van der Waals surface area (Å²) in [6.45, 7) is 2.81. The lowest BCUT2D eigenvalue weighted by Crippen LogP contribution is -2.02. The van der Waals surface area contributed by atoms with Crippen LogP contribution in [0.3, 0.4) is 0 Å². The molecule has 3 heteroatoms. The Morgan fingerprint density at radius 2 is 1.76 bits per heavy atom. The third-order valence-electron chi connectivity index (χ3n) is 4.35. The lowest BCUT2D eigenvalue weighted by Gasteiger charge is -2.10. The standard InChI is InChI=1S/C22H17N3/c1-16-5-4-6-19(13-16)22-24-20-7-2-3-8-21(20)25(22)15-18-11-9-17(14-23)10-12-18/h2-13H,15H2,1H3. The minimum absolute atomic E-state index is 0.679. The molecular weight excluding hydrogens is 306 g/mol. The van der Waals surface area contributed by atoms with Gasteiger partial charge in [-0.05, 0) is 42.8 Å². The van der Waals surface area contributed by atoms with Gasteiger partial charge in [0.2, 0.25) is 0 Å². The summed E-state index contributed by atoms with van der Waals surface area (Å²) in [5.41, 5.74) is 6.27. The summed E-state index contributed by atoms with van der Waals surface area (Å²) in [5.74, 6) is 0.967. The predicted molar refractivity (Wildman–Crippen MR) is 100 cm³/mol. The van der Waals surface area contributed by atoms with Crippen molar-refractivity contribution in [3.63, 3.8) is 0 Å². The quantitative estimate of drug-likeness (QED) is 0.536. The van der Waals surface area contributed by atoms with Gasteiger partial charge in [0.25, 0.3) is 0 Å². The van der Waals surface area contributed by atoms with Gasteiger partial charge in [0, 0.05) is 12.1 Å². The number of para-hydroxylation sites is 2. The zero-order valence-electron chi connectivity index (χ0n) is 14.0. The van der Waals surface area contributed by atoms with E-state index in [2.05, 4.69) is 47.9 Å². The molecule has 120 valence electrons. The summed E-state index contributed by atoms with van der Waals surface area (Å²) in [6.07, 6.45) is 0. The van der Waals surface area contributed by atoms with Gasteiger partial charge < -0.3 is 4.57 Å². The highest BCUT2D eigenvalue weighted by molar-refractivity contribution is 5.80. The molecule has 1 aromatic heterocycles. The molecule has 0 aliphatic heterocycles. The average Bonchev–Trinajstić information content (AvgIpc) is 3.01. The maximum Gasteiger partial charge on any atom is 0.141 e. The molecule has 0 radical (unpaired) electrons. The van der Waals surface area contributed by atoms with E-state index >= 15 is 0 Å². The first-order chi connectivity index (χ1) is 12.2. The molecule has 0 bridgehead atoms. The second-order valence-electron chi connectivity index (χ2n) is 6.19. The number of benzene rings is 3. The van der Waals surface area contributed by atoms with Crippen LogP contribution in [0.4, 0.5) is 0 Å². The molecule has 0 unspecified atom stereocenters. The summed E-state index contributed by atoms with van der Waals surface area (Å²) in [7, 11) is 0. The first-order valence-corrected chi connectivity index (χ1v) is 8.26. The van der Waals surface area contributed by atoms with Crippen LogP contribution in [0.15, 0.2) is 72.8 Å². The highest BCUT2D eigenvalue weighted by Gasteiger charge is 2.13. The van der Waals surface area contributed by atoms with E-state index in [-0.39, 0.29) is 0 Å². The highest BCUT2D eigenvalue weighted by atomic mass is 15.1. The van der Waals surface area contributed by atoms with Crippen molar-refractivity contribution in [1.29, 1.82) is 5.26 Å². The Bertz CT molecular complexity index is 1080. The predicted octanol–water partition coefficient (Wildman–Crippen LogP) is 4.93. The molecule has 0 atom stereocenters. The molecule has 0 spiro atoms. The average molecular weight is 323 g/mol.